The largest absolute Gasteiger partial charge is 0.486 e. The molecule has 0 N–H and O–H groups in total. The van der Waals surface area contributed by atoms with Crippen LogP contribution in [-0.4, -0.2) is 13.2 Å². The average Bonchev–Trinajstić information content (AvgIpc) is 3.11. The Balaban J connectivity index is 1.97. The zero-order valence-corrected chi connectivity index (χ0v) is 11.9. The van der Waals surface area contributed by atoms with E-state index in [-0.39, 0.29) is 0 Å². The summed E-state index contributed by atoms with van der Waals surface area (Å²) < 4.78 is 12.2. The lowest BCUT2D eigenvalue weighted by atomic mass is 10.1. The molecular weight excluding hydrogens is 336 g/mol. The van der Waals surface area contributed by atoms with Crippen molar-refractivity contribution in [1.82, 2.24) is 0 Å². The fourth-order valence-electron chi connectivity index (χ4n) is 1.93. The summed E-state index contributed by atoms with van der Waals surface area (Å²) >= 11 is 7.37. The van der Waals surface area contributed by atoms with Gasteiger partial charge < -0.3 is 9.47 Å². The average molecular weight is 348 g/mol. The van der Waals surface area contributed by atoms with Crippen LogP contribution in [0.2, 0.25) is 0 Å². The van der Waals surface area contributed by atoms with Crippen molar-refractivity contribution in [2.75, 3.05) is 13.2 Å². The van der Waals surface area contributed by atoms with Gasteiger partial charge in [0.25, 0.3) is 0 Å². The standard InChI is InChI=1S/C12H12Br2O2/c13-9-6-11-10(15-3-4-16-11)5-8(9)12(14)7-1-2-7/h5-7,12H,1-4H2. The summed E-state index contributed by atoms with van der Waals surface area (Å²) in [4.78, 5) is 0.428. The molecular formula is C12H12Br2O2. The van der Waals surface area contributed by atoms with Crippen LogP contribution < -0.4 is 9.47 Å². The minimum Gasteiger partial charge on any atom is -0.486 e. The molecule has 0 saturated heterocycles. The smallest absolute Gasteiger partial charge is 0.162 e. The Morgan fingerprint density at radius 2 is 1.75 bits per heavy atom. The molecule has 2 nitrogen and oxygen atoms in total. The minimum absolute atomic E-state index is 0.428. The van der Waals surface area contributed by atoms with Crippen LogP contribution >= 0.6 is 31.9 Å². The van der Waals surface area contributed by atoms with Crippen LogP contribution in [0.25, 0.3) is 0 Å². The van der Waals surface area contributed by atoms with Gasteiger partial charge in [-0.2, -0.15) is 0 Å². The van der Waals surface area contributed by atoms with E-state index in [1.54, 1.807) is 0 Å². The normalized spacial score (nSPS) is 20.6. The third kappa shape index (κ3) is 1.97. The lowest BCUT2D eigenvalue weighted by molar-refractivity contribution is 0.171. The molecule has 0 amide bonds. The number of hydrogen-bond acceptors (Lipinski definition) is 2. The first-order valence-electron chi connectivity index (χ1n) is 5.49. The summed E-state index contributed by atoms with van der Waals surface area (Å²) in [5.41, 5.74) is 1.27. The zero-order chi connectivity index (χ0) is 11.1. The first-order valence-corrected chi connectivity index (χ1v) is 7.19. The van der Waals surface area contributed by atoms with Gasteiger partial charge in [-0.25, -0.2) is 0 Å². The Labute approximate surface area is 112 Å². The molecule has 2 aliphatic rings. The predicted molar refractivity (Wildman–Crippen MR) is 69.5 cm³/mol. The van der Waals surface area contributed by atoms with Crippen LogP contribution in [-0.2, 0) is 0 Å². The van der Waals surface area contributed by atoms with E-state index in [1.165, 1.54) is 18.4 Å². The summed E-state index contributed by atoms with van der Waals surface area (Å²) in [6, 6.07) is 4.11. The number of hydrogen-bond donors (Lipinski definition) is 0. The zero-order valence-electron chi connectivity index (χ0n) is 8.71. The molecule has 1 aromatic rings. The van der Waals surface area contributed by atoms with Crippen LogP contribution in [0.5, 0.6) is 11.5 Å². The van der Waals surface area contributed by atoms with Crippen molar-refractivity contribution in [1.29, 1.82) is 0 Å². The summed E-state index contributed by atoms with van der Waals surface area (Å²) in [6.45, 7) is 1.28. The Hall–Kier alpha value is -0.220. The first kappa shape index (κ1) is 10.9. The van der Waals surface area contributed by atoms with Crippen LogP contribution in [0, 0.1) is 5.92 Å². The molecule has 1 fully saturated rings. The molecule has 0 aromatic heterocycles. The van der Waals surface area contributed by atoms with Crippen molar-refractivity contribution < 1.29 is 9.47 Å². The molecule has 16 heavy (non-hydrogen) atoms. The number of halogens is 2. The van der Waals surface area contributed by atoms with Gasteiger partial charge in [-0.1, -0.05) is 31.9 Å². The van der Waals surface area contributed by atoms with Gasteiger partial charge in [0.2, 0.25) is 0 Å². The van der Waals surface area contributed by atoms with Gasteiger partial charge in [-0.15, -0.1) is 0 Å². The summed E-state index contributed by atoms with van der Waals surface area (Å²) in [6.07, 6.45) is 2.63. The maximum absolute atomic E-state index is 5.60. The lowest BCUT2D eigenvalue weighted by Gasteiger charge is -2.21. The Bertz CT molecular complexity index is 416. The number of fused-ring (bicyclic) bond motifs is 1. The molecule has 0 radical (unpaired) electrons. The Kier molecular flexibility index (Phi) is 2.88. The Morgan fingerprint density at radius 3 is 2.38 bits per heavy atom. The third-order valence-electron chi connectivity index (χ3n) is 2.99. The molecule has 1 atom stereocenters. The number of benzene rings is 1. The number of alkyl halides is 1. The minimum atomic E-state index is 0.428. The van der Waals surface area contributed by atoms with Gasteiger partial charge in [0.05, 0.1) is 0 Å². The van der Waals surface area contributed by atoms with Crippen LogP contribution in [0.3, 0.4) is 0 Å². The molecule has 1 saturated carbocycles. The molecule has 1 aliphatic carbocycles. The maximum Gasteiger partial charge on any atom is 0.162 e. The van der Waals surface area contributed by atoms with E-state index >= 15 is 0 Å². The summed E-state index contributed by atoms with van der Waals surface area (Å²) in [5.74, 6) is 2.49. The van der Waals surface area contributed by atoms with Gasteiger partial charge in [-0.3, -0.25) is 0 Å². The summed E-state index contributed by atoms with van der Waals surface area (Å²) in [5, 5.41) is 0. The van der Waals surface area contributed by atoms with Gasteiger partial charge in [-0.05, 0) is 36.5 Å². The molecule has 1 unspecified atom stereocenters. The fourth-order valence-corrected chi connectivity index (χ4v) is 3.72. The highest BCUT2D eigenvalue weighted by Gasteiger charge is 2.32. The van der Waals surface area contributed by atoms with E-state index in [2.05, 4.69) is 37.9 Å². The van der Waals surface area contributed by atoms with Crippen molar-refractivity contribution in [3.05, 3.63) is 22.2 Å². The van der Waals surface area contributed by atoms with Crippen molar-refractivity contribution in [2.24, 2.45) is 5.92 Å². The molecule has 0 spiro atoms. The van der Waals surface area contributed by atoms with E-state index in [9.17, 15) is 0 Å². The number of ether oxygens (including phenoxy) is 2. The predicted octanol–water partition coefficient (Wildman–Crippen LogP) is 4.07. The van der Waals surface area contributed by atoms with Crippen LogP contribution in [0.15, 0.2) is 16.6 Å². The molecule has 4 heteroatoms. The van der Waals surface area contributed by atoms with Gasteiger partial charge in [0.1, 0.15) is 13.2 Å². The van der Waals surface area contributed by atoms with Crippen molar-refractivity contribution in [2.45, 2.75) is 17.7 Å². The molecule has 86 valence electrons. The lowest BCUT2D eigenvalue weighted by Crippen LogP contribution is -2.15. The maximum atomic E-state index is 5.60. The second kappa shape index (κ2) is 4.22. The number of rotatable bonds is 2. The Morgan fingerprint density at radius 1 is 1.12 bits per heavy atom. The highest BCUT2D eigenvalue weighted by atomic mass is 79.9. The quantitative estimate of drug-likeness (QED) is 0.751. The first-order chi connectivity index (χ1) is 7.75. The molecule has 1 aromatic carbocycles. The van der Waals surface area contributed by atoms with Crippen LogP contribution in [0.1, 0.15) is 23.2 Å². The highest BCUT2D eigenvalue weighted by molar-refractivity contribution is 9.11. The van der Waals surface area contributed by atoms with Gasteiger partial charge in [0.15, 0.2) is 11.5 Å². The molecule has 1 heterocycles. The van der Waals surface area contributed by atoms with Crippen molar-refractivity contribution >= 4 is 31.9 Å². The van der Waals surface area contributed by atoms with Crippen molar-refractivity contribution in [3.63, 3.8) is 0 Å². The van der Waals surface area contributed by atoms with Gasteiger partial charge >= 0.3 is 0 Å². The van der Waals surface area contributed by atoms with E-state index in [4.69, 9.17) is 9.47 Å². The second-order valence-corrected chi connectivity index (χ2v) is 6.10. The van der Waals surface area contributed by atoms with E-state index in [0.29, 0.717) is 18.0 Å². The molecule has 3 rings (SSSR count). The highest BCUT2D eigenvalue weighted by Crippen LogP contribution is 2.50. The second-order valence-electron chi connectivity index (χ2n) is 4.26. The van der Waals surface area contributed by atoms with Crippen LogP contribution in [0.4, 0.5) is 0 Å². The summed E-state index contributed by atoms with van der Waals surface area (Å²) in [7, 11) is 0. The topological polar surface area (TPSA) is 18.5 Å². The van der Waals surface area contributed by atoms with E-state index in [1.807, 2.05) is 6.07 Å². The third-order valence-corrected chi connectivity index (χ3v) is 4.92. The van der Waals surface area contributed by atoms with E-state index < -0.39 is 0 Å². The van der Waals surface area contributed by atoms with Crippen molar-refractivity contribution in [3.8, 4) is 11.5 Å². The molecule has 1 aliphatic heterocycles. The molecule has 0 bridgehead atoms. The SMILES string of the molecule is Brc1cc2c(cc1C(Br)C1CC1)OCCO2. The monoisotopic (exact) mass is 346 g/mol. The van der Waals surface area contributed by atoms with Gasteiger partial charge in [0, 0.05) is 9.30 Å². The van der Waals surface area contributed by atoms with E-state index in [0.717, 1.165) is 21.9 Å². The fraction of sp³-hybridized carbons (Fsp3) is 0.500.